The molecule has 0 unspecified atom stereocenters. The lowest BCUT2D eigenvalue weighted by Gasteiger charge is -2.40. The Balaban J connectivity index is 1.37. The van der Waals surface area contributed by atoms with Crippen molar-refractivity contribution >= 4 is 46.5 Å². The number of hydrazine groups is 1. The monoisotopic (exact) mass is 491 g/mol. The Morgan fingerprint density at radius 3 is 2.68 bits per heavy atom. The van der Waals surface area contributed by atoms with Crippen molar-refractivity contribution in [3.8, 4) is 0 Å². The largest absolute Gasteiger partial charge is 0.296 e. The highest BCUT2D eigenvalue weighted by Crippen LogP contribution is 2.45. The Hall–Kier alpha value is -2.63. The Bertz CT molecular complexity index is 1140. The molecule has 3 aliphatic rings. The Morgan fingerprint density at radius 2 is 1.91 bits per heavy atom. The normalized spacial score (nSPS) is 18.4. The zero-order valence-corrected chi connectivity index (χ0v) is 20.9. The quantitative estimate of drug-likeness (QED) is 0.425. The van der Waals surface area contributed by atoms with E-state index in [9.17, 15) is 4.79 Å². The van der Waals surface area contributed by atoms with Gasteiger partial charge in [0.2, 0.25) is 0 Å². The molecule has 34 heavy (non-hydrogen) atoms. The summed E-state index contributed by atoms with van der Waals surface area (Å²) in [4.78, 5) is 13.0. The van der Waals surface area contributed by atoms with Crippen LogP contribution in [0.15, 0.2) is 77.9 Å². The van der Waals surface area contributed by atoms with Gasteiger partial charge in [0.15, 0.2) is 0 Å². The molecule has 6 heteroatoms. The first-order valence-corrected chi connectivity index (χ1v) is 13.4. The summed E-state index contributed by atoms with van der Waals surface area (Å²) < 4.78 is 2.98. The van der Waals surface area contributed by atoms with E-state index in [0.717, 1.165) is 46.1 Å². The number of allylic oxidation sites excluding steroid dienone is 3. The van der Waals surface area contributed by atoms with Crippen LogP contribution in [0, 0.1) is 0 Å². The van der Waals surface area contributed by atoms with Gasteiger partial charge in [-0.2, -0.15) is 0 Å². The van der Waals surface area contributed by atoms with Crippen molar-refractivity contribution in [3.05, 3.63) is 89.0 Å². The average Bonchev–Trinajstić information content (AvgIpc) is 3.18. The van der Waals surface area contributed by atoms with E-state index in [1.54, 1.807) is 0 Å². The number of hydrogen-bond acceptors (Lipinski definition) is 4. The minimum Gasteiger partial charge on any atom is -0.296 e. The van der Waals surface area contributed by atoms with Gasteiger partial charge in [-0.15, -0.1) is 0 Å². The number of fused-ring (bicyclic) bond motifs is 1. The fourth-order valence-corrected chi connectivity index (χ4v) is 6.11. The summed E-state index contributed by atoms with van der Waals surface area (Å²) in [6.45, 7) is 4.45. The van der Waals surface area contributed by atoms with Gasteiger partial charge in [-0.1, -0.05) is 67.8 Å². The SMILES string of the molecule is C=C1c2cc(C(=O)NSCC3=C(Cl)CCC=C3)ccc2N(C2CCCCC2)N1c1ccccc1. The number of carbonyl (C=O) groups is 1. The van der Waals surface area contributed by atoms with E-state index >= 15 is 0 Å². The number of para-hydroxylation sites is 1. The summed E-state index contributed by atoms with van der Waals surface area (Å²) in [7, 11) is 0. The van der Waals surface area contributed by atoms with Gasteiger partial charge in [0.05, 0.1) is 23.1 Å². The second kappa shape index (κ2) is 10.3. The number of hydrogen-bond donors (Lipinski definition) is 1. The molecule has 2 aromatic rings. The van der Waals surface area contributed by atoms with E-state index in [0.29, 0.717) is 17.4 Å². The smallest absolute Gasteiger partial charge is 0.261 e. The minimum absolute atomic E-state index is 0.0977. The minimum atomic E-state index is -0.0977. The summed E-state index contributed by atoms with van der Waals surface area (Å²) in [5.41, 5.74) is 5.90. The summed E-state index contributed by atoms with van der Waals surface area (Å²) in [6, 6.07) is 16.8. The van der Waals surface area contributed by atoms with Gasteiger partial charge >= 0.3 is 0 Å². The first-order chi connectivity index (χ1) is 16.6. The van der Waals surface area contributed by atoms with Crippen LogP contribution in [0.1, 0.15) is 60.9 Å². The molecule has 2 aromatic carbocycles. The number of nitrogens with one attached hydrogen (secondary N) is 1. The van der Waals surface area contributed by atoms with Crippen molar-refractivity contribution in [1.82, 2.24) is 4.72 Å². The molecule has 2 aliphatic carbocycles. The van der Waals surface area contributed by atoms with Crippen LogP contribution in [-0.4, -0.2) is 17.7 Å². The van der Waals surface area contributed by atoms with Crippen molar-refractivity contribution in [1.29, 1.82) is 0 Å². The van der Waals surface area contributed by atoms with Crippen molar-refractivity contribution < 1.29 is 4.79 Å². The lowest BCUT2D eigenvalue weighted by Crippen LogP contribution is -2.45. The molecule has 1 fully saturated rings. The van der Waals surface area contributed by atoms with Crippen LogP contribution in [0.4, 0.5) is 11.4 Å². The number of amides is 1. The number of benzene rings is 2. The van der Waals surface area contributed by atoms with Crippen molar-refractivity contribution in [3.63, 3.8) is 0 Å². The van der Waals surface area contributed by atoms with Gasteiger partial charge in [-0.25, -0.2) is 0 Å². The molecule has 0 saturated heterocycles. The summed E-state index contributed by atoms with van der Waals surface area (Å²) in [5, 5.41) is 5.54. The van der Waals surface area contributed by atoms with Crippen LogP contribution in [-0.2, 0) is 0 Å². The Morgan fingerprint density at radius 1 is 1.12 bits per heavy atom. The summed E-state index contributed by atoms with van der Waals surface area (Å²) >= 11 is 7.71. The highest BCUT2D eigenvalue weighted by molar-refractivity contribution is 7.98. The van der Waals surface area contributed by atoms with Gasteiger partial charge in [-0.3, -0.25) is 19.5 Å². The summed E-state index contributed by atoms with van der Waals surface area (Å²) in [6.07, 6.45) is 12.2. The standard InChI is InChI=1S/C28H30ClN3OS/c1-20-25-18-21(28(33)30-34-19-22-10-8-9-15-26(22)29)16-17-27(25)32(24-13-6-3-7-14-24)31(20)23-11-4-2-5-12-23/h2,4-5,8,10-12,16-18,24H,1,3,6-7,9,13-15,19H2,(H,30,33). The van der Waals surface area contributed by atoms with Crippen molar-refractivity contribution in [2.24, 2.45) is 0 Å². The molecule has 1 heterocycles. The first-order valence-electron chi connectivity index (χ1n) is 12.1. The highest BCUT2D eigenvalue weighted by atomic mass is 35.5. The lowest BCUT2D eigenvalue weighted by molar-refractivity contribution is 0.0984. The first kappa shape index (κ1) is 23.1. The predicted molar refractivity (Wildman–Crippen MR) is 145 cm³/mol. The van der Waals surface area contributed by atoms with E-state index in [-0.39, 0.29) is 5.91 Å². The maximum absolute atomic E-state index is 13.0. The Kier molecular flexibility index (Phi) is 7.02. The van der Waals surface area contributed by atoms with E-state index in [2.05, 4.69) is 63.8 Å². The summed E-state index contributed by atoms with van der Waals surface area (Å²) in [5.74, 6) is 0.565. The molecule has 1 N–H and O–H groups in total. The number of carbonyl (C=O) groups excluding carboxylic acids is 1. The van der Waals surface area contributed by atoms with E-state index in [1.807, 2.05) is 18.2 Å². The Labute approximate surface area is 211 Å². The average molecular weight is 492 g/mol. The zero-order valence-electron chi connectivity index (χ0n) is 19.3. The molecule has 0 atom stereocenters. The van der Waals surface area contributed by atoms with Crippen molar-refractivity contribution in [2.75, 3.05) is 15.8 Å². The molecule has 1 amide bonds. The van der Waals surface area contributed by atoms with Crippen molar-refractivity contribution in [2.45, 2.75) is 51.0 Å². The molecule has 1 saturated carbocycles. The van der Waals surface area contributed by atoms with Gasteiger partial charge in [0.1, 0.15) is 0 Å². The molecular weight excluding hydrogens is 462 g/mol. The number of rotatable bonds is 6. The topological polar surface area (TPSA) is 35.6 Å². The molecule has 0 bridgehead atoms. The van der Waals surface area contributed by atoms with Crippen LogP contribution in [0.3, 0.4) is 0 Å². The highest BCUT2D eigenvalue weighted by Gasteiger charge is 2.36. The number of halogens is 1. The van der Waals surface area contributed by atoms with E-state index in [1.165, 1.54) is 44.1 Å². The zero-order chi connectivity index (χ0) is 23.5. The van der Waals surface area contributed by atoms with Crippen LogP contribution in [0.2, 0.25) is 0 Å². The number of anilines is 2. The molecule has 1 aliphatic heterocycles. The maximum atomic E-state index is 13.0. The van der Waals surface area contributed by atoms with Crippen LogP contribution >= 0.6 is 23.5 Å². The van der Waals surface area contributed by atoms with E-state index in [4.69, 9.17) is 11.6 Å². The molecule has 0 spiro atoms. The third kappa shape index (κ3) is 4.64. The molecule has 176 valence electrons. The van der Waals surface area contributed by atoms with Crippen LogP contribution in [0.25, 0.3) is 5.70 Å². The van der Waals surface area contributed by atoms with Gasteiger partial charge in [0, 0.05) is 21.9 Å². The molecule has 5 rings (SSSR count). The van der Waals surface area contributed by atoms with Gasteiger partial charge in [0.25, 0.3) is 5.91 Å². The maximum Gasteiger partial charge on any atom is 0.261 e. The fourth-order valence-electron chi connectivity index (χ4n) is 5.05. The molecule has 4 nitrogen and oxygen atoms in total. The third-order valence-corrected chi connectivity index (χ3v) is 8.02. The van der Waals surface area contributed by atoms with Gasteiger partial charge in [-0.05, 0) is 73.5 Å². The lowest BCUT2D eigenvalue weighted by atomic mass is 9.94. The van der Waals surface area contributed by atoms with Gasteiger partial charge < -0.3 is 0 Å². The van der Waals surface area contributed by atoms with Crippen LogP contribution in [0.5, 0.6) is 0 Å². The fraction of sp³-hybridized carbons (Fsp3) is 0.321. The predicted octanol–water partition coefficient (Wildman–Crippen LogP) is 7.45. The molecule has 0 radical (unpaired) electrons. The molecule has 0 aromatic heterocycles. The van der Waals surface area contributed by atoms with E-state index < -0.39 is 0 Å². The number of nitrogens with zero attached hydrogens (tertiary/aromatic N) is 2. The second-order valence-electron chi connectivity index (χ2n) is 9.05. The molecular formula is C28H30ClN3OS. The third-order valence-electron chi connectivity index (χ3n) is 6.80. The second-order valence-corrected chi connectivity index (χ2v) is 10.3. The van der Waals surface area contributed by atoms with Crippen LogP contribution < -0.4 is 14.7 Å².